The molecule has 132 valence electrons. The van der Waals surface area contributed by atoms with E-state index in [1.165, 1.54) is 6.07 Å². The molecule has 7 nitrogen and oxygen atoms in total. The van der Waals surface area contributed by atoms with Gasteiger partial charge in [0.1, 0.15) is 5.69 Å². The highest BCUT2D eigenvalue weighted by atomic mass is 16.6. The number of nitro groups is 1. The summed E-state index contributed by atoms with van der Waals surface area (Å²) in [6, 6.07) is 8.92. The predicted octanol–water partition coefficient (Wildman–Crippen LogP) is 2.88. The van der Waals surface area contributed by atoms with Crippen molar-refractivity contribution < 1.29 is 10.0 Å². The third-order valence-electron chi connectivity index (χ3n) is 5.69. The fourth-order valence-corrected chi connectivity index (χ4v) is 4.35. The van der Waals surface area contributed by atoms with Crippen LogP contribution in [0.2, 0.25) is 0 Å². The Balaban J connectivity index is 1.81. The highest BCUT2D eigenvalue weighted by Crippen LogP contribution is 2.51. The first-order valence-electron chi connectivity index (χ1n) is 8.57. The van der Waals surface area contributed by atoms with Crippen LogP contribution in [-0.2, 0) is 0 Å². The number of pyridine rings is 1. The molecule has 1 aromatic heterocycles. The molecule has 2 aromatic rings. The molecule has 0 unspecified atom stereocenters. The van der Waals surface area contributed by atoms with E-state index in [1.54, 1.807) is 30.6 Å². The zero-order chi connectivity index (χ0) is 18.3. The fourth-order valence-electron chi connectivity index (χ4n) is 4.35. The van der Waals surface area contributed by atoms with Gasteiger partial charge in [0.2, 0.25) is 0 Å². The van der Waals surface area contributed by atoms with E-state index in [0.717, 1.165) is 24.8 Å². The van der Waals surface area contributed by atoms with Gasteiger partial charge in [-0.3, -0.25) is 15.1 Å². The molecule has 1 aliphatic carbocycles. The molecule has 1 N–H and O–H groups in total. The number of aliphatic hydroxyl groups is 1. The molecular weight excluding hydrogens is 332 g/mol. The standard InChI is InChI=1S/C19H18N4O3/c20-9-14-4-6-21-10-16(14)13-1-2-17(23(25)26)18(7-13)22-11-19(12-24)5-3-15(22)8-19/h1-2,4,6-7,10,15,24H,3,5,8,11-12H2/t15-,19-/m1/s1. The smallest absolute Gasteiger partial charge is 0.292 e. The average Bonchev–Trinajstić information content (AvgIpc) is 3.27. The first-order valence-corrected chi connectivity index (χ1v) is 8.57. The van der Waals surface area contributed by atoms with Gasteiger partial charge < -0.3 is 10.0 Å². The molecule has 1 saturated heterocycles. The van der Waals surface area contributed by atoms with Crippen LogP contribution >= 0.6 is 0 Å². The summed E-state index contributed by atoms with van der Waals surface area (Å²) in [6.45, 7) is 0.727. The molecule has 2 heterocycles. The number of hydrogen-bond donors (Lipinski definition) is 1. The molecule has 2 atom stereocenters. The van der Waals surface area contributed by atoms with Crippen molar-refractivity contribution in [2.45, 2.75) is 25.3 Å². The molecule has 2 fully saturated rings. The van der Waals surface area contributed by atoms with E-state index in [-0.39, 0.29) is 28.7 Å². The number of nitrogens with zero attached hydrogens (tertiary/aromatic N) is 4. The molecule has 0 amide bonds. The summed E-state index contributed by atoms with van der Waals surface area (Å²) in [5.74, 6) is 0. The zero-order valence-corrected chi connectivity index (χ0v) is 14.1. The van der Waals surface area contributed by atoms with Crippen molar-refractivity contribution in [3.63, 3.8) is 0 Å². The Morgan fingerprint density at radius 3 is 3.00 bits per heavy atom. The molecule has 2 aliphatic rings. The second-order valence-electron chi connectivity index (χ2n) is 7.18. The van der Waals surface area contributed by atoms with Crippen molar-refractivity contribution in [2.24, 2.45) is 5.41 Å². The minimum atomic E-state index is -0.370. The second-order valence-corrected chi connectivity index (χ2v) is 7.18. The van der Waals surface area contributed by atoms with Crippen molar-refractivity contribution in [1.29, 1.82) is 5.26 Å². The van der Waals surface area contributed by atoms with Gasteiger partial charge in [0.25, 0.3) is 5.69 Å². The summed E-state index contributed by atoms with van der Waals surface area (Å²) in [4.78, 5) is 17.3. The van der Waals surface area contributed by atoms with Gasteiger partial charge >= 0.3 is 0 Å². The molecular formula is C19H18N4O3. The number of hydrogen-bond acceptors (Lipinski definition) is 6. The number of aromatic nitrogens is 1. The largest absolute Gasteiger partial charge is 0.396 e. The number of nitro benzene ring substituents is 1. The van der Waals surface area contributed by atoms with Gasteiger partial charge in [0.15, 0.2) is 0 Å². The number of aliphatic hydroxyl groups excluding tert-OH is 1. The van der Waals surface area contributed by atoms with Crippen molar-refractivity contribution >= 4 is 11.4 Å². The van der Waals surface area contributed by atoms with E-state index in [4.69, 9.17) is 0 Å². The quantitative estimate of drug-likeness (QED) is 0.672. The number of piperidine rings is 1. The van der Waals surface area contributed by atoms with Gasteiger partial charge in [-0.2, -0.15) is 5.26 Å². The number of anilines is 1. The summed E-state index contributed by atoms with van der Waals surface area (Å²) in [6.07, 6.45) is 5.91. The molecule has 2 bridgehead atoms. The van der Waals surface area contributed by atoms with Crippen LogP contribution in [0, 0.1) is 26.9 Å². The van der Waals surface area contributed by atoms with Crippen LogP contribution in [0.1, 0.15) is 24.8 Å². The average molecular weight is 350 g/mol. The monoisotopic (exact) mass is 350 g/mol. The zero-order valence-electron chi connectivity index (χ0n) is 14.1. The van der Waals surface area contributed by atoms with Crippen molar-refractivity contribution in [3.8, 4) is 17.2 Å². The van der Waals surface area contributed by atoms with Gasteiger partial charge in [-0.25, -0.2) is 0 Å². The minimum absolute atomic E-state index is 0.0526. The highest BCUT2D eigenvalue weighted by Gasteiger charge is 2.50. The molecule has 0 spiro atoms. The summed E-state index contributed by atoms with van der Waals surface area (Å²) in [5.41, 5.74) is 2.33. The normalized spacial score (nSPS) is 23.8. The Labute approximate surface area is 150 Å². The lowest BCUT2D eigenvalue weighted by Crippen LogP contribution is -2.37. The fraction of sp³-hybridized carbons (Fsp3) is 0.368. The summed E-state index contributed by atoms with van der Waals surface area (Å²) in [7, 11) is 0. The first kappa shape index (κ1) is 16.5. The van der Waals surface area contributed by atoms with E-state index < -0.39 is 0 Å². The van der Waals surface area contributed by atoms with Crippen LogP contribution in [0.25, 0.3) is 11.1 Å². The van der Waals surface area contributed by atoms with Crippen LogP contribution in [0.15, 0.2) is 36.7 Å². The van der Waals surface area contributed by atoms with Gasteiger partial charge in [-0.1, -0.05) is 0 Å². The Morgan fingerprint density at radius 2 is 2.31 bits per heavy atom. The summed E-state index contributed by atoms with van der Waals surface area (Å²) >= 11 is 0. The molecule has 1 aromatic carbocycles. The second kappa shape index (κ2) is 6.07. The topological polar surface area (TPSA) is 103 Å². The number of rotatable bonds is 4. The van der Waals surface area contributed by atoms with Crippen molar-refractivity contribution in [2.75, 3.05) is 18.1 Å². The van der Waals surface area contributed by atoms with E-state index in [0.29, 0.717) is 23.4 Å². The Hall–Kier alpha value is -2.98. The number of benzene rings is 1. The number of nitriles is 1. The lowest BCUT2D eigenvalue weighted by molar-refractivity contribution is -0.384. The molecule has 1 saturated carbocycles. The third kappa shape index (κ3) is 2.50. The van der Waals surface area contributed by atoms with E-state index in [1.807, 2.05) is 0 Å². The molecule has 1 aliphatic heterocycles. The lowest BCUT2D eigenvalue weighted by Gasteiger charge is -2.33. The van der Waals surface area contributed by atoms with Crippen LogP contribution < -0.4 is 4.90 Å². The van der Waals surface area contributed by atoms with Crippen LogP contribution in [-0.4, -0.2) is 34.2 Å². The van der Waals surface area contributed by atoms with E-state index >= 15 is 0 Å². The molecule has 26 heavy (non-hydrogen) atoms. The first-order chi connectivity index (χ1) is 12.6. The maximum absolute atomic E-state index is 11.6. The van der Waals surface area contributed by atoms with Crippen molar-refractivity contribution in [1.82, 2.24) is 4.98 Å². The summed E-state index contributed by atoms with van der Waals surface area (Å²) in [5, 5.41) is 30.7. The van der Waals surface area contributed by atoms with Crippen LogP contribution in [0.5, 0.6) is 0 Å². The molecule has 7 heteroatoms. The Kier molecular flexibility index (Phi) is 3.85. The van der Waals surface area contributed by atoms with Gasteiger partial charge in [-0.05, 0) is 43.0 Å². The minimum Gasteiger partial charge on any atom is -0.396 e. The maximum atomic E-state index is 11.6. The molecule has 0 radical (unpaired) electrons. The molecule has 4 rings (SSSR count). The van der Waals surface area contributed by atoms with Gasteiger partial charge in [-0.15, -0.1) is 0 Å². The van der Waals surface area contributed by atoms with Gasteiger partial charge in [0, 0.05) is 42.0 Å². The third-order valence-corrected chi connectivity index (χ3v) is 5.69. The van der Waals surface area contributed by atoms with E-state index in [2.05, 4.69) is 16.0 Å². The Bertz CT molecular complexity index is 923. The van der Waals surface area contributed by atoms with Gasteiger partial charge in [0.05, 0.1) is 23.2 Å². The predicted molar refractivity (Wildman–Crippen MR) is 95.5 cm³/mol. The lowest BCUT2D eigenvalue weighted by atomic mass is 9.88. The van der Waals surface area contributed by atoms with Crippen molar-refractivity contribution in [3.05, 3.63) is 52.3 Å². The van der Waals surface area contributed by atoms with Crippen LogP contribution in [0.3, 0.4) is 0 Å². The Morgan fingerprint density at radius 1 is 1.46 bits per heavy atom. The number of fused-ring (bicyclic) bond motifs is 2. The highest BCUT2D eigenvalue weighted by molar-refractivity contribution is 5.78. The maximum Gasteiger partial charge on any atom is 0.292 e. The summed E-state index contributed by atoms with van der Waals surface area (Å²) < 4.78 is 0. The van der Waals surface area contributed by atoms with Crippen LogP contribution in [0.4, 0.5) is 11.4 Å². The van der Waals surface area contributed by atoms with E-state index in [9.17, 15) is 20.5 Å². The SMILES string of the molecule is N#Cc1ccncc1-c1ccc([N+](=O)[O-])c(N2C[C@@]3(CO)CC[C@@H]2C3)c1.